The van der Waals surface area contributed by atoms with Gasteiger partial charge in [-0.05, 0) is 42.7 Å². The molecule has 0 unspecified atom stereocenters. The fraction of sp³-hybridized carbons (Fsp3) is 0.286. The van der Waals surface area contributed by atoms with Gasteiger partial charge in [0.1, 0.15) is 12.1 Å². The maximum atomic E-state index is 12.8. The van der Waals surface area contributed by atoms with Crippen molar-refractivity contribution in [2.24, 2.45) is 0 Å². The summed E-state index contributed by atoms with van der Waals surface area (Å²) in [4.78, 5) is 19.1. The van der Waals surface area contributed by atoms with Crippen LogP contribution in [0.3, 0.4) is 0 Å². The highest BCUT2D eigenvalue weighted by atomic mass is 32.2. The molecular formula is C21H22N4O2S. The molecule has 4 rings (SSSR count). The molecule has 0 atom stereocenters. The minimum Gasteiger partial charge on any atom is -0.497 e. The van der Waals surface area contributed by atoms with Crippen LogP contribution < -0.4 is 4.74 Å². The Hall–Kier alpha value is -2.80. The lowest BCUT2D eigenvalue weighted by Crippen LogP contribution is -2.34. The lowest BCUT2D eigenvalue weighted by atomic mass is 10.2. The molecule has 0 spiro atoms. The van der Waals surface area contributed by atoms with E-state index in [9.17, 15) is 4.79 Å². The van der Waals surface area contributed by atoms with Gasteiger partial charge in [0, 0.05) is 12.6 Å². The third-order valence-corrected chi connectivity index (χ3v) is 5.47. The molecule has 0 radical (unpaired) electrons. The van der Waals surface area contributed by atoms with Gasteiger partial charge in [-0.1, -0.05) is 42.1 Å². The molecule has 1 amide bonds. The Labute approximate surface area is 168 Å². The predicted octanol–water partition coefficient (Wildman–Crippen LogP) is 3.56. The summed E-state index contributed by atoms with van der Waals surface area (Å²) in [5.41, 5.74) is 2.06. The van der Waals surface area contributed by atoms with Gasteiger partial charge in [0.15, 0.2) is 0 Å². The zero-order valence-corrected chi connectivity index (χ0v) is 16.5. The fourth-order valence-corrected chi connectivity index (χ4v) is 3.65. The quantitative estimate of drug-likeness (QED) is 0.547. The monoisotopic (exact) mass is 394 g/mol. The Morgan fingerprint density at radius 2 is 1.93 bits per heavy atom. The van der Waals surface area contributed by atoms with Gasteiger partial charge in [0.05, 0.1) is 18.6 Å². The van der Waals surface area contributed by atoms with Crippen molar-refractivity contribution in [3.63, 3.8) is 0 Å². The van der Waals surface area contributed by atoms with Crippen LogP contribution in [0, 0.1) is 0 Å². The number of para-hydroxylation sites is 1. The second-order valence-corrected chi connectivity index (χ2v) is 7.64. The summed E-state index contributed by atoms with van der Waals surface area (Å²) >= 11 is 1.38. The molecule has 1 fully saturated rings. The molecule has 0 N–H and O–H groups in total. The minimum atomic E-state index is 0.124. The van der Waals surface area contributed by atoms with Gasteiger partial charge in [0.25, 0.3) is 0 Å². The van der Waals surface area contributed by atoms with E-state index in [1.807, 2.05) is 59.5 Å². The van der Waals surface area contributed by atoms with E-state index in [-0.39, 0.29) is 5.91 Å². The first kappa shape index (κ1) is 18.6. The van der Waals surface area contributed by atoms with Crippen molar-refractivity contribution in [2.45, 2.75) is 30.6 Å². The molecule has 7 heteroatoms. The summed E-state index contributed by atoms with van der Waals surface area (Å²) in [7, 11) is 1.65. The number of benzene rings is 2. The number of amides is 1. The van der Waals surface area contributed by atoms with E-state index in [1.54, 1.807) is 18.1 Å². The Bertz CT molecular complexity index is 923. The van der Waals surface area contributed by atoms with Gasteiger partial charge in [0.2, 0.25) is 11.1 Å². The molecule has 3 aromatic rings. The fourth-order valence-electron chi connectivity index (χ4n) is 2.96. The van der Waals surface area contributed by atoms with E-state index in [2.05, 4.69) is 10.1 Å². The van der Waals surface area contributed by atoms with Crippen molar-refractivity contribution in [1.29, 1.82) is 0 Å². The van der Waals surface area contributed by atoms with Gasteiger partial charge in [-0.15, -0.1) is 5.10 Å². The molecule has 2 aromatic carbocycles. The Morgan fingerprint density at radius 1 is 1.18 bits per heavy atom. The smallest absolute Gasteiger partial charge is 0.233 e. The van der Waals surface area contributed by atoms with Gasteiger partial charge < -0.3 is 9.64 Å². The number of nitrogens with zero attached hydrogens (tertiary/aromatic N) is 4. The van der Waals surface area contributed by atoms with Gasteiger partial charge >= 0.3 is 0 Å². The van der Waals surface area contributed by atoms with Crippen LogP contribution in [-0.4, -0.2) is 44.5 Å². The average Bonchev–Trinajstić information content (AvgIpc) is 3.48. The molecule has 1 aliphatic carbocycles. The summed E-state index contributed by atoms with van der Waals surface area (Å²) in [5.74, 6) is 1.29. The molecule has 0 aliphatic heterocycles. The van der Waals surface area contributed by atoms with E-state index in [4.69, 9.17) is 4.74 Å². The molecule has 1 aliphatic rings. The number of thioether (sulfide) groups is 1. The normalized spacial score (nSPS) is 13.3. The highest BCUT2D eigenvalue weighted by molar-refractivity contribution is 7.99. The van der Waals surface area contributed by atoms with Crippen LogP contribution in [0.5, 0.6) is 5.75 Å². The van der Waals surface area contributed by atoms with Crippen LogP contribution in [0.4, 0.5) is 0 Å². The highest BCUT2D eigenvalue weighted by Gasteiger charge is 2.32. The second kappa shape index (κ2) is 8.48. The van der Waals surface area contributed by atoms with E-state index >= 15 is 0 Å². The Kier molecular flexibility index (Phi) is 5.62. The number of methoxy groups -OCH3 is 1. The SMILES string of the molecule is COc1ccc(CN(C(=O)CSc2ncn(-c3ccccc3)n2)C2CC2)cc1. The van der Waals surface area contributed by atoms with Crippen molar-refractivity contribution >= 4 is 17.7 Å². The topological polar surface area (TPSA) is 60.2 Å². The first-order valence-corrected chi connectivity index (χ1v) is 10.2. The Balaban J connectivity index is 1.36. The molecule has 1 aromatic heterocycles. The highest BCUT2D eigenvalue weighted by Crippen LogP contribution is 2.30. The number of rotatable bonds is 8. The van der Waals surface area contributed by atoms with E-state index < -0.39 is 0 Å². The average molecular weight is 395 g/mol. The van der Waals surface area contributed by atoms with Crippen molar-refractivity contribution in [3.05, 3.63) is 66.5 Å². The van der Waals surface area contributed by atoms with Gasteiger partial charge in [-0.25, -0.2) is 9.67 Å². The number of hydrogen-bond acceptors (Lipinski definition) is 5. The molecule has 144 valence electrons. The lowest BCUT2D eigenvalue weighted by molar-refractivity contribution is -0.129. The van der Waals surface area contributed by atoms with E-state index in [0.717, 1.165) is 29.8 Å². The van der Waals surface area contributed by atoms with Crippen LogP contribution in [-0.2, 0) is 11.3 Å². The van der Waals surface area contributed by atoms with E-state index in [0.29, 0.717) is 23.5 Å². The first-order chi connectivity index (χ1) is 13.7. The third-order valence-electron chi connectivity index (χ3n) is 4.64. The van der Waals surface area contributed by atoms with E-state index in [1.165, 1.54) is 11.8 Å². The standard InChI is InChI=1S/C21H22N4O2S/c1-27-19-11-7-16(8-12-19)13-24(17-9-10-17)20(26)14-28-21-22-15-25(23-21)18-5-3-2-4-6-18/h2-8,11-12,15,17H,9-10,13-14H2,1H3. The number of aromatic nitrogens is 3. The van der Waals surface area contributed by atoms with Gasteiger partial charge in [-0.3, -0.25) is 4.79 Å². The van der Waals surface area contributed by atoms with Crippen molar-refractivity contribution < 1.29 is 9.53 Å². The maximum Gasteiger partial charge on any atom is 0.233 e. The lowest BCUT2D eigenvalue weighted by Gasteiger charge is -2.22. The van der Waals surface area contributed by atoms with Crippen molar-refractivity contribution in [3.8, 4) is 11.4 Å². The van der Waals surface area contributed by atoms with Crippen LogP contribution in [0.2, 0.25) is 0 Å². The molecular weight excluding hydrogens is 372 g/mol. The number of hydrogen-bond donors (Lipinski definition) is 0. The third kappa shape index (κ3) is 4.54. The summed E-state index contributed by atoms with van der Waals surface area (Å²) < 4.78 is 6.93. The molecule has 0 saturated heterocycles. The van der Waals surface area contributed by atoms with Crippen LogP contribution in [0.15, 0.2) is 66.1 Å². The molecule has 1 heterocycles. The largest absolute Gasteiger partial charge is 0.497 e. The molecule has 0 bridgehead atoms. The summed E-state index contributed by atoms with van der Waals surface area (Å²) in [6.07, 6.45) is 3.83. The zero-order chi connectivity index (χ0) is 19.3. The van der Waals surface area contributed by atoms with Crippen molar-refractivity contribution in [1.82, 2.24) is 19.7 Å². The molecule has 28 heavy (non-hydrogen) atoms. The summed E-state index contributed by atoms with van der Waals surface area (Å²) in [6, 6.07) is 18.1. The van der Waals surface area contributed by atoms with Crippen LogP contribution in [0.25, 0.3) is 5.69 Å². The zero-order valence-electron chi connectivity index (χ0n) is 15.7. The maximum absolute atomic E-state index is 12.8. The minimum absolute atomic E-state index is 0.124. The van der Waals surface area contributed by atoms with Crippen molar-refractivity contribution in [2.75, 3.05) is 12.9 Å². The number of ether oxygens (including phenoxy) is 1. The Morgan fingerprint density at radius 3 is 2.61 bits per heavy atom. The van der Waals surface area contributed by atoms with Crippen LogP contribution in [0.1, 0.15) is 18.4 Å². The van der Waals surface area contributed by atoms with Crippen LogP contribution >= 0.6 is 11.8 Å². The molecule has 1 saturated carbocycles. The number of carbonyl (C=O) groups is 1. The molecule has 6 nitrogen and oxygen atoms in total. The predicted molar refractivity (Wildman–Crippen MR) is 109 cm³/mol. The summed E-state index contributed by atoms with van der Waals surface area (Å²) in [6.45, 7) is 0.625. The first-order valence-electron chi connectivity index (χ1n) is 9.25. The number of carbonyl (C=O) groups excluding carboxylic acids is 1. The summed E-state index contributed by atoms with van der Waals surface area (Å²) in [5, 5.41) is 5.07. The van der Waals surface area contributed by atoms with Gasteiger partial charge in [-0.2, -0.15) is 0 Å². The second-order valence-electron chi connectivity index (χ2n) is 6.70.